The van der Waals surface area contributed by atoms with Crippen molar-refractivity contribution in [2.24, 2.45) is 0 Å². The second-order valence-electron chi connectivity index (χ2n) is 4.27. The summed E-state index contributed by atoms with van der Waals surface area (Å²) < 4.78 is 5.24. The Kier molecular flexibility index (Phi) is 4.34. The maximum atomic E-state index is 12.3. The molecule has 102 valence electrons. The molecule has 1 N–H and O–H groups in total. The molecule has 1 aromatic rings. The number of carboxylic acid groups (broad SMARTS) is 1. The van der Waals surface area contributed by atoms with Crippen molar-refractivity contribution >= 4 is 29.3 Å². The summed E-state index contributed by atoms with van der Waals surface area (Å²) in [6.07, 6.45) is 3.44. The third-order valence-electron chi connectivity index (χ3n) is 3.06. The number of nitrogens with zero attached hydrogens (tertiary/aromatic N) is 1. The zero-order chi connectivity index (χ0) is 13.8. The lowest BCUT2D eigenvalue weighted by atomic mass is 10.2. The van der Waals surface area contributed by atoms with Crippen molar-refractivity contribution in [1.82, 2.24) is 4.90 Å². The van der Waals surface area contributed by atoms with Crippen LogP contribution in [0.3, 0.4) is 0 Å². The van der Waals surface area contributed by atoms with Gasteiger partial charge in [-0.25, -0.2) is 4.79 Å². The van der Waals surface area contributed by atoms with Crippen molar-refractivity contribution in [3.8, 4) is 0 Å². The molecule has 0 spiro atoms. The average Bonchev–Trinajstić information content (AvgIpc) is 3.04. The van der Waals surface area contributed by atoms with Gasteiger partial charge in [-0.05, 0) is 29.5 Å². The zero-order valence-electron chi connectivity index (χ0n) is 10.5. The van der Waals surface area contributed by atoms with Gasteiger partial charge in [0.1, 0.15) is 0 Å². The summed E-state index contributed by atoms with van der Waals surface area (Å²) in [6, 6.07) is 1.75. The number of likely N-dealkylation sites (tertiary alicyclic amines) is 1. The number of hydrogen-bond donors (Lipinski definition) is 1. The highest BCUT2D eigenvalue weighted by molar-refractivity contribution is 7.12. The third kappa shape index (κ3) is 3.21. The van der Waals surface area contributed by atoms with Crippen LogP contribution in [0, 0.1) is 0 Å². The Hall–Kier alpha value is -1.66. The molecule has 1 unspecified atom stereocenters. The molecular weight excluding hydrogens is 266 g/mol. The largest absolute Gasteiger partial charge is 0.478 e. The lowest BCUT2D eigenvalue weighted by molar-refractivity contribution is -0.131. The summed E-state index contributed by atoms with van der Waals surface area (Å²) in [5, 5.41) is 10.4. The highest BCUT2D eigenvalue weighted by atomic mass is 32.1. The van der Waals surface area contributed by atoms with E-state index in [2.05, 4.69) is 0 Å². The summed E-state index contributed by atoms with van der Waals surface area (Å²) in [4.78, 5) is 25.2. The fourth-order valence-corrected chi connectivity index (χ4v) is 2.89. The highest BCUT2D eigenvalue weighted by Gasteiger charge is 2.28. The van der Waals surface area contributed by atoms with Crippen LogP contribution < -0.4 is 0 Å². The van der Waals surface area contributed by atoms with Crippen molar-refractivity contribution < 1.29 is 19.4 Å². The van der Waals surface area contributed by atoms with E-state index in [1.807, 2.05) is 0 Å². The molecule has 1 atom stereocenters. The van der Waals surface area contributed by atoms with E-state index in [4.69, 9.17) is 9.84 Å². The van der Waals surface area contributed by atoms with E-state index >= 15 is 0 Å². The number of aliphatic carboxylic acids is 1. The van der Waals surface area contributed by atoms with Gasteiger partial charge in [-0.15, -0.1) is 11.3 Å². The SMILES string of the molecule is COC1CCN(C(=O)c2sccc2/C=C/C(=O)O)C1. The van der Waals surface area contributed by atoms with Gasteiger partial charge in [-0.1, -0.05) is 0 Å². The molecule has 0 saturated carbocycles. The molecule has 6 heteroatoms. The number of carbonyl (C=O) groups excluding carboxylic acids is 1. The summed E-state index contributed by atoms with van der Waals surface area (Å²) in [7, 11) is 1.64. The van der Waals surface area contributed by atoms with Gasteiger partial charge in [0.05, 0.1) is 11.0 Å². The Morgan fingerprint density at radius 3 is 3.00 bits per heavy atom. The number of carbonyl (C=O) groups is 2. The molecule has 1 aliphatic rings. The van der Waals surface area contributed by atoms with Crippen molar-refractivity contribution in [2.45, 2.75) is 12.5 Å². The van der Waals surface area contributed by atoms with Crippen LogP contribution in [0.2, 0.25) is 0 Å². The van der Waals surface area contributed by atoms with Crippen LogP contribution in [0.25, 0.3) is 6.08 Å². The Labute approximate surface area is 115 Å². The Morgan fingerprint density at radius 2 is 2.37 bits per heavy atom. The molecule has 2 heterocycles. The molecule has 1 amide bonds. The smallest absolute Gasteiger partial charge is 0.328 e. The maximum absolute atomic E-state index is 12.3. The summed E-state index contributed by atoms with van der Waals surface area (Å²) in [6.45, 7) is 1.27. The van der Waals surface area contributed by atoms with Crippen molar-refractivity contribution in [3.05, 3.63) is 28.0 Å². The van der Waals surface area contributed by atoms with Crippen LogP contribution >= 0.6 is 11.3 Å². The Bertz CT molecular complexity index is 508. The molecule has 0 bridgehead atoms. The molecule has 0 aromatic carbocycles. The Balaban J connectivity index is 2.12. The van der Waals surface area contributed by atoms with E-state index in [0.717, 1.165) is 12.5 Å². The quantitative estimate of drug-likeness (QED) is 0.853. The topological polar surface area (TPSA) is 66.8 Å². The maximum Gasteiger partial charge on any atom is 0.328 e. The molecule has 1 saturated heterocycles. The van der Waals surface area contributed by atoms with Crippen molar-refractivity contribution in [3.63, 3.8) is 0 Å². The number of rotatable bonds is 4. The first-order chi connectivity index (χ1) is 9.11. The first kappa shape index (κ1) is 13.8. The van der Waals surface area contributed by atoms with Gasteiger partial charge in [0.15, 0.2) is 0 Å². The lowest BCUT2D eigenvalue weighted by Gasteiger charge is -2.15. The van der Waals surface area contributed by atoms with E-state index in [1.54, 1.807) is 23.5 Å². The van der Waals surface area contributed by atoms with Gasteiger partial charge in [0.25, 0.3) is 5.91 Å². The normalized spacial score (nSPS) is 19.2. The minimum Gasteiger partial charge on any atom is -0.478 e. The number of ether oxygens (including phenoxy) is 1. The van der Waals surface area contributed by atoms with E-state index in [-0.39, 0.29) is 12.0 Å². The van der Waals surface area contributed by atoms with Crippen molar-refractivity contribution in [2.75, 3.05) is 20.2 Å². The number of thiophene rings is 1. The third-order valence-corrected chi connectivity index (χ3v) is 3.98. The number of methoxy groups -OCH3 is 1. The molecular formula is C13H15NO4S. The van der Waals surface area contributed by atoms with Crippen LogP contribution in [0.15, 0.2) is 17.5 Å². The molecule has 19 heavy (non-hydrogen) atoms. The second kappa shape index (κ2) is 5.99. The van der Waals surface area contributed by atoms with Gasteiger partial charge in [0.2, 0.25) is 0 Å². The summed E-state index contributed by atoms with van der Waals surface area (Å²) in [5.41, 5.74) is 0.651. The fourth-order valence-electron chi connectivity index (χ4n) is 2.03. The minimum absolute atomic E-state index is 0.0559. The number of hydrogen-bond acceptors (Lipinski definition) is 4. The van der Waals surface area contributed by atoms with Crippen LogP contribution in [0.5, 0.6) is 0 Å². The summed E-state index contributed by atoms with van der Waals surface area (Å²) in [5.74, 6) is -1.08. The molecule has 0 radical (unpaired) electrons. The first-order valence-electron chi connectivity index (χ1n) is 5.92. The first-order valence-corrected chi connectivity index (χ1v) is 6.80. The number of amides is 1. The molecule has 1 fully saturated rings. The minimum atomic E-state index is -1.02. The van der Waals surface area contributed by atoms with E-state index < -0.39 is 5.97 Å². The highest BCUT2D eigenvalue weighted by Crippen LogP contribution is 2.23. The zero-order valence-corrected chi connectivity index (χ0v) is 11.4. The van der Waals surface area contributed by atoms with Crippen LogP contribution in [-0.4, -0.2) is 48.2 Å². The standard InChI is InChI=1S/C13H15NO4S/c1-18-10-4-6-14(8-10)13(17)12-9(5-7-19-12)2-3-11(15)16/h2-3,5,7,10H,4,6,8H2,1H3,(H,15,16)/b3-2+. The second-order valence-corrected chi connectivity index (χ2v) is 5.19. The molecule has 1 aliphatic heterocycles. The predicted octanol–water partition coefficient (Wildman–Crippen LogP) is 1.71. The lowest BCUT2D eigenvalue weighted by Crippen LogP contribution is -2.29. The molecule has 2 rings (SSSR count). The van der Waals surface area contributed by atoms with E-state index in [0.29, 0.717) is 23.5 Å². The van der Waals surface area contributed by atoms with Gasteiger partial charge >= 0.3 is 5.97 Å². The van der Waals surface area contributed by atoms with Crippen LogP contribution in [0.1, 0.15) is 21.7 Å². The van der Waals surface area contributed by atoms with E-state index in [1.165, 1.54) is 17.4 Å². The van der Waals surface area contributed by atoms with Gasteiger partial charge in [-0.2, -0.15) is 0 Å². The number of carboxylic acids is 1. The van der Waals surface area contributed by atoms with Gasteiger partial charge in [-0.3, -0.25) is 4.79 Å². The molecule has 0 aliphatic carbocycles. The molecule has 5 nitrogen and oxygen atoms in total. The van der Waals surface area contributed by atoms with Crippen molar-refractivity contribution in [1.29, 1.82) is 0 Å². The van der Waals surface area contributed by atoms with Crippen LogP contribution in [-0.2, 0) is 9.53 Å². The summed E-state index contributed by atoms with van der Waals surface area (Å²) >= 11 is 1.33. The van der Waals surface area contributed by atoms with Crippen LogP contribution in [0.4, 0.5) is 0 Å². The average molecular weight is 281 g/mol. The fraction of sp³-hybridized carbons (Fsp3) is 0.385. The predicted molar refractivity (Wildman–Crippen MR) is 72.3 cm³/mol. The monoisotopic (exact) mass is 281 g/mol. The Morgan fingerprint density at radius 1 is 1.58 bits per heavy atom. The van der Waals surface area contributed by atoms with Gasteiger partial charge < -0.3 is 14.7 Å². The molecule has 1 aromatic heterocycles. The van der Waals surface area contributed by atoms with Gasteiger partial charge in [0, 0.05) is 26.3 Å². The van der Waals surface area contributed by atoms with E-state index in [9.17, 15) is 9.59 Å².